The lowest BCUT2D eigenvalue weighted by Gasteiger charge is -2.26. The van der Waals surface area contributed by atoms with E-state index in [1.807, 2.05) is 39.8 Å². The number of pyridine rings is 1. The Balaban J connectivity index is 2.83. The van der Waals surface area contributed by atoms with E-state index >= 15 is 0 Å². The van der Waals surface area contributed by atoms with Crippen LogP contribution >= 0.6 is 0 Å². The van der Waals surface area contributed by atoms with Gasteiger partial charge in [0.1, 0.15) is 11.4 Å². The van der Waals surface area contributed by atoms with Gasteiger partial charge in [0.05, 0.1) is 0 Å². The highest BCUT2D eigenvalue weighted by atomic mass is 16.6. The molecule has 0 saturated heterocycles. The topological polar surface area (TPSA) is 42.4 Å². The minimum Gasteiger partial charge on any atom is -0.443 e. The van der Waals surface area contributed by atoms with Crippen molar-refractivity contribution in [2.24, 2.45) is 0 Å². The summed E-state index contributed by atoms with van der Waals surface area (Å²) in [6, 6.07) is 5.48. The highest BCUT2D eigenvalue weighted by molar-refractivity contribution is 5.86. The van der Waals surface area contributed by atoms with Crippen LogP contribution in [-0.4, -0.2) is 23.2 Å². The first kappa shape index (κ1) is 13.5. The summed E-state index contributed by atoms with van der Waals surface area (Å²) in [6.45, 7) is 8.18. The molecule has 0 spiro atoms. The molecule has 0 bridgehead atoms. The van der Waals surface area contributed by atoms with Crippen LogP contribution in [0, 0.1) is 0 Å². The van der Waals surface area contributed by atoms with Crippen LogP contribution in [0.3, 0.4) is 0 Å². The van der Waals surface area contributed by atoms with Crippen LogP contribution < -0.4 is 4.90 Å². The third kappa shape index (κ3) is 4.43. The van der Waals surface area contributed by atoms with Crippen LogP contribution in [0.4, 0.5) is 10.6 Å². The Labute approximate surface area is 103 Å². The van der Waals surface area contributed by atoms with Crippen LogP contribution in [0.2, 0.25) is 0 Å². The second-order valence-corrected chi connectivity index (χ2v) is 4.82. The molecule has 0 aliphatic rings. The van der Waals surface area contributed by atoms with Gasteiger partial charge in [0.2, 0.25) is 0 Å². The summed E-state index contributed by atoms with van der Waals surface area (Å²) < 4.78 is 5.35. The molecule has 4 heteroatoms. The Kier molecular flexibility index (Phi) is 4.49. The lowest BCUT2D eigenvalue weighted by molar-refractivity contribution is 0.0579. The van der Waals surface area contributed by atoms with Gasteiger partial charge in [-0.1, -0.05) is 13.0 Å². The fourth-order valence-electron chi connectivity index (χ4n) is 1.35. The van der Waals surface area contributed by atoms with Gasteiger partial charge in [-0.2, -0.15) is 0 Å². The molecule has 0 saturated carbocycles. The Morgan fingerprint density at radius 2 is 2.12 bits per heavy atom. The molecule has 17 heavy (non-hydrogen) atoms. The molecule has 1 rings (SSSR count). The summed E-state index contributed by atoms with van der Waals surface area (Å²) in [5, 5.41) is 0. The maximum absolute atomic E-state index is 12.0. The van der Waals surface area contributed by atoms with E-state index in [1.165, 1.54) is 0 Å². The zero-order chi connectivity index (χ0) is 12.9. The maximum Gasteiger partial charge on any atom is 0.416 e. The summed E-state index contributed by atoms with van der Waals surface area (Å²) in [5.74, 6) is 0.628. The van der Waals surface area contributed by atoms with E-state index in [-0.39, 0.29) is 6.09 Å². The second kappa shape index (κ2) is 5.66. The van der Waals surface area contributed by atoms with Crippen molar-refractivity contribution >= 4 is 11.9 Å². The second-order valence-electron chi connectivity index (χ2n) is 4.82. The van der Waals surface area contributed by atoms with Crippen molar-refractivity contribution in [2.45, 2.75) is 39.7 Å². The number of carbonyl (C=O) groups excluding carboxylic acids is 1. The molecule has 0 aromatic carbocycles. The molecule has 1 amide bonds. The molecule has 1 aromatic heterocycles. The largest absolute Gasteiger partial charge is 0.443 e. The molecule has 1 aromatic rings. The minimum absolute atomic E-state index is 0.349. The van der Waals surface area contributed by atoms with Crippen LogP contribution in [0.15, 0.2) is 24.4 Å². The number of nitrogens with zero attached hydrogens (tertiary/aromatic N) is 2. The zero-order valence-electron chi connectivity index (χ0n) is 10.9. The Morgan fingerprint density at radius 3 is 2.59 bits per heavy atom. The lowest BCUT2D eigenvalue weighted by atomic mass is 10.2. The SMILES string of the molecule is CCCN(C(=O)OC(C)(C)C)c1ccccn1. The van der Waals surface area contributed by atoms with Gasteiger partial charge in [0, 0.05) is 12.7 Å². The van der Waals surface area contributed by atoms with E-state index in [0.717, 1.165) is 6.42 Å². The van der Waals surface area contributed by atoms with Gasteiger partial charge in [-0.3, -0.25) is 4.90 Å². The summed E-state index contributed by atoms with van der Waals surface area (Å²) in [7, 11) is 0. The van der Waals surface area contributed by atoms with Crippen molar-refractivity contribution in [3.8, 4) is 0 Å². The van der Waals surface area contributed by atoms with E-state index in [4.69, 9.17) is 4.74 Å². The van der Waals surface area contributed by atoms with Crippen molar-refractivity contribution in [3.63, 3.8) is 0 Å². The van der Waals surface area contributed by atoms with Gasteiger partial charge < -0.3 is 4.74 Å². The van der Waals surface area contributed by atoms with Crippen LogP contribution in [-0.2, 0) is 4.74 Å². The number of ether oxygens (including phenoxy) is 1. The van der Waals surface area contributed by atoms with Gasteiger partial charge >= 0.3 is 6.09 Å². The molecular formula is C13H20N2O2. The van der Waals surface area contributed by atoms with E-state index in [0.29, 0.717) is 12.4 Å². The number of anilines is 1. The standard InChI is InChI=1S/C13H20N2O2/c1-5-10-15(11-8-6-7-9-14-11)12(16)17-13(2,3)4/h6-9H,5,10H2,1-4H3. The Hall–Kier alpha value is -1.58. The van der Waals surface area contributed by atoms with Crippen LogP contribution in [0.25, 0.3) is 0 Å². The van der Waals surface area contributed by atoms with E-state index in [2.05, 4.69) is 4.98 Å². The molecule has 0 aliphatic carbocycles. The number of carbonyl (C=O) groups is 1. The van der Waals surface area contributed by atoms with Gasteiger partial charge in [0.25, 0.3) is 0 Å². The summed E-state index contributed by atoms with van der Waals surface area (Å²) in [4.78, 5) is 17.7. The summed E-state index contributed by atoms with van der Waals surface area (Å²) in [6.07, 6.45) is 2.18. The highest BCUT2D eigenvalue weighted by Crippen LogP contribution is 2.15. The van der Waals surface area contributed by atoms with Crippen molar-refractivity contribution < 1.29 is 9.53 Å². The fourth-order valence-corrected chi connectivity index (χ4v) is 1.35. The number of amides is 1. The first-order chi connectivity index (χ1) is 7.94. The Morgan fingerprint density at radius 1 is 1.41 bits per heavy atom. The fraction of sp³-hybridized carbons (Fsp3) is 0.538. The molecule has 0 radical (unpaired) electrons. The number of hydrogen-bond acceptors (Lipinski definition) is 3. The van der Waals surface area contributed by atoms with Crippen molar-refractivity contribution in [1.82, 2.24) is 4.98 Å². The molecule has 1 heterocycles. The number of rotatable bonds is 3. The highest BCUT2D eigenvalue weighted by Gasteiger charge is 2.23. The first-order valence-electron chi connectivity index (χ1n) is 5.85. The zero-order valence-corrected chi connectivity index (χ0v) is 10.9. The van der Waals surface area contributed by atoms with Gasteiger partial charge in [-0.15, -0.1) is 0 Å². The number of aromatic nitrogens is 1. The molecule has 0 unspecified atom stereocenters. The number of hydrogen-bond donors (Lipinski definition) is 0. The normalized spacial score (nSPS) is 11.1. The molecule has 0 aliphatic heterocycles. The van der Waals surface area contributed by atoms with Gasteiger partial charge in [-0.25, -0.2) is 9.78 Å². The predicted octanol–water partition coefficient (Wildman–Crippen LogP) is 3.23. The van der Waals surface area contributed by atoms with Crippen molar-refractivity contribution in [2.75, 3.05) is 11.4 Å². The van der Waals surface area contributed by atoms with Crippen molar-refractivity contribution in [1.29, 1.82) is 0 Å². The quantitative estimate of drug-likeness (QED) is 0.809. The molecule has 94 valence electrons. The van der Waals surface area contributed by atoms with E-state index in [9.17, 15) is 4.79 Å². The first-order valence-corrected chi connectivity index (χ1v) is 5.85. The third-order valence-electron chi connectivity index (χ3n) is 1.99. The van der Waals surface area contributed by atoms with E-state index < -0.39 is 5.60 Å². The predicted molar refractivity (Wildman–Crippen MR) is 68.1 cm³/mol. The summed E-state index contributed by atoms with van der Waals surface area (Å²) in [5.41, 5.74) is -0.488. The molecule has 4 nitrogen and oxygen atoms in total. The van der Waals surface area contributed by atoms with Crippen LogP contribution in [0.5, 0.6) is 0 Å². The van der Waals surface area contributed by atoms with E-state index in [1.54, 1.807) is 17.2 Å². The third-order valence-corrected chi connectivity index (χ3v) is 1.99. The minimum atomic E-state index is -0.488. The molecule has 0 N–H and O–H groups in total. The van der Waals surface area contributed by atoms with Crippen molar-refractivity contribution in [3.05, 3.63) is 24.4 Å². The molecule has 0 atom stereocenters. The average Bonchev–Trinajstić information content (AvgIpc) is 2.24. The molecule has 0 fully saturated rings. The van der Waals surface area contributed by atoms with Gasteiger partial charge in [-0.05, 0) is 39.3 Å². The monoisotopic (exact) mass is 236 g/mol. The lowest BCUT2D eigenvalue weighted by Crippen LogP contribution is -2.37. The summed E-state index contributed by atoms with van der Waals surface area (Å²) >= 11 is 0. The smallest absolute Gasteiger partial charge is 0.416 e. The van der Waals surface area contributed by atoms with Crippen LogP contribution in [0.1, 0.15) is 34.1 Å². The maximum atomic E-state index is 12.0. The molecular weight excluding hydrogens is 216 g/mol. The Bertz CT molecular complexity index is 357. The average molecular weight is 236 g/mol. The van der Waals surface area contributed by atoms with Gasteiger partial charge in [0.15, 0.2) is 0 Å².